The van der Waals surface area contributed by atoms with Gasteiger partial charge in [-0.3, -0.25) is 4.79 Å². The molecule has 0 bridgehead atoms. The predicted molar refractivity (Wildman–Crippen MR) is 55.6 cm³/mol. The van der Waals surface area contributed by atoms with E-state index in [0.29, 0.717) is 11.7 Å². The second-order valence-electron chi connectivity index (χ2n) is 3.98. The van der Waals surface area contributed by atoms with Crippen molar-refractivity contribution in [3.05, 3.63) is 12.7 Å². The highest BCUT2D eigenvalue weighted by atomic mass is 16.1. The van der Waals surface area contributed by atoms with Crippen LogP contribution in [0.4, 0.5) is 0 Å². The Bertz CT molecular complexity index is 168. The van der Waals surface area contributed by atoms with Gasteiger partial charge in [-0.05, 0) is 32.1 Å². The van der Waals surface area contributed by atoms with Crippen molar-refractivity contribution in [2.24, 2.45) is 5.92 Å². The van der Waals surface area contributed by atoms with E-state index in [-0.39, 0.29) is 0 Å². The van der Waals surface area contributed by atoms with Crippen LogP contribution in [0.3, 0.4) is 0 Å². The van der Waals surface area contributed by atoms with E-state index in [2.05, 4.69) is 6.58 Å². The van der Waals surface area contributed by atoms with Gasteiger partial charge >= 0.3 is 0 Å². The molecule has 1 aliphatic carbocycles. The van der Waals surface area contributed by atoms with Crippen molar-refractivity contribution in [2.45, 2.75) is 51.4 Å². The van der Waals surface area contributed by atoms with E-state index >= 15 is 0 Å². The van der Waals surface area contributed by atoms with Gasteiger partial charge in [-0.25, -0.2) is 0 Å². The Balaban J connectivity index is 1.83. The molecule has 1 fully saturated rings. The van der Waals surface area contributed by atoms with E-state index < -0.39 is 0 Å². The van der Waals surface area contributed by atoms with Crippen LogP contribution in [-0.2, 0) is 4.79 Å². The molecule has 0 amide bonds. The Kier molecular flexibility index (Phi) is 4.81. The summed E-state index contributed by atoms with van der Waals surface area (Å²) >= 11 is 0. The minimum Gasteiger partial charge on any atom is -0.299 e. The molecule has 0 aromatic carbocycles. The second kappa shape index (κ2) is 5.95. The van der Waals surface area contributed by atoms with Gasteiger partial charge in [-0.1, -0.05) is 18.9 Å². The fourth-order valence-corrected chi connectivity index (χ4v) is 1.55. The standard InChI is InChI=1S/C12H20O/c1-2-3-4-5-6-7-8-12(13)11-9-10-11/h2,11H,1,3-10H2. The van der Waals surface area contributed by atoms with Gasteiger partial charge in [0.1, 0.15) is 5.78 Å². The number of carbonyl (C=O) groups is 1. The Hall–Kier alpha value is -0.590. The zero-order chi connectivity index (χ0) is 9.52. The number of rotatable bonds is 8. The molecule has 0 aromatic rings. The first-order chi connectivity index (χ1) is 6.34. The summed E-state index contributed by atoms with van der Waals surface area (Å²) in [6, 6.07) is 0. The van der Waals surface area contributed by atoms with Gasteiger partial charge in [-0.15, -0.1) is 6.58 Å². The minimum absolute atomic E-state index is 0.466. The molecule has 0 spiro atoms. The van der Waals surface area contributed by atoms with Crippen LogP contribution in [0.25, 0.3) is 0 Å². The zero-order valence-electron chi connectivity index (χ0n) is 8.43. The molecule has 0 saturated heterocycles. The number of Topliss-reactive ketones (excluding diaryl/α,β-unsaturated/α-hetero) is 1. The summed E-state index contributed by atoms with van der Waals surface area (Å²) in [6.45, 7) is 3.68. The molecule has 0 heterocycles. The Morgan fingerprint density at radius 3 is 2.54 bits per heavy atom. The molecule has 1 saturated carbocycles. The van der Waals surface area contributed by atoms with Crippen molar-refractivity contribution in [1.29, 1.82) is 0 Å². The van der Waals surface area contributed by atoms with Crippen molar-refractivity contribution < 1.29 is 4.79 Å². The van der Waals surface area contributed by atoms with Crippen LogP contribution < -0.4 is 0 Å². The van der Waals surface area contributed by atoms with E-state index in [1.807, 2.05) is 6.08 Å². The van der Waals surface area contributed by atoms with E-state index in [1.165, 1.54) is 19.3 Å². The molecule has 0 aliphatic heterocycles. The van der Waals surface area contributed by atoms with Crippen LogP contribution in [0.2, 0.25) is 0 Å². The molecule has 1 aliphatic rings. The van der Waals surface area contributed by atoms with E-state index in [0.717, 1.165) is 32.1 Å². The maximum Gasteiger partial charge on any atom is 0.135 e. The second-order valence-corrected chi connectivity index (χ2v) is 3.98. The molecule has 1 nitrogen and oxygen atoms in total. The quantitative estimate of drug-likeness (QED) is 0.413. The summed E-state index contributed by atoms with van der Waals surface area (Å²) < 4.78 is 0. The summed E-state index contributed by atoms with van der Waals surface area (Å²) in [6.07, 6.45) is 11.1. The molecule has 0 radical (unpaired) electrons. The van der Waals surface area contributed by atoms with Crippen molar-refractivity contribution in [2.75, 3.05) is 0 Å². The number of hydrogen-bond acceptors (Lipinski definition) is 1. The largest absolute Gasteiger partial charge is 0.299 e. The normalized spacial score (nSPS) is 15.7. The van der Waals surface area contributed by atoms with Crippen LogP contribution in [0.15, 0.2) is 12.7 Å². The highest BCUT2D eigenvalue weighted by Crippen LogP contribution is 2.31. The monoisotopic (exact) mass is 180 g/mol. The van der Waals surface area contributed by atoms with E-state index in [1.54, 1.807) is 0 Å². The van der Waals surface area contributed by atoms with E-state index in [4.69, 9.17) is 0 Å². The van der Waals surface area contributed by atoms with Gasteiger partial charge in [0.25, 0.3) is 0 Å². The third-order valence-electron chi connectivity index (χ3n) is 2.61. The number of carbonyl (C=O) groups excluding carboxylic acids is 1. The van der Waals surface area contributed by atoms with Crippen molar-refractivity contribution in [3.8, 4) is 0 Å². The fraction of sp³-hybridized carbons (Fsp3) is 0.750. The zero-order valence-corrected chi connectivity index (χ0v) is 8.43. The maximum absolute atomic E-state index is 11.3. The molecule has 74 valence electrons. The summed E-state index contributed by atoms with van der Waals surface area (Å²) in [4.78, 5) is 11.3. The van der Waals surface area contributed by atoms with Crippen molar-refractivity contribution in [1.82, 2.24) is 0 Å². The molecular formula is C12H20O. The number of ketones is 1. The molecule has 13 heavy (non-hydrogen) atoms. The lowest BCUT2D eigenvalue weighted by Crippen LogP contribution is -1.99. The van der Waals surface area contributed by atoms with Crippen LogP contribution in [0.1, 0.15) is 51.4 Å². The Labute approximate surface area is 81.2 Å². The predicted octanol–water partition coefficient (Wildman–Crippen LogP) is 3.49. The van der Waals surface area contributed by atoms with Crippen LogP contribution in [-0.4, -0.2) is 5.78 Å². The molecule has 0 N–H and O–H groups in total. The van der Waals surface area contributed by atoms with Crippen LogP contribution >= 0.6 is 0 Å². The number of allylic oxidation sites excluding steroid dienone is 1. The molecule has 1 heteroatoms. The first-order valence-electron chi connectivity index (χ1n) is 5.48. The average molecular weight is 180 g/mol. The maximum atomic E-state index is 11.3. The summed E-state index contributed by atoms with van der Waals surface area (Å²) in [5.74, 6) is 0.983. The summed E-state index contributed by atoms with van der Waals surface area (Å²) in [7, 11) is 0. The van der Waals surface area contributed by atoms with Crippen molar-refractivity contribution >= 4 is 5.78 Å². The summed E-state index contributed by atoms with van der Waals surface area (Å²) in [5.41, 5.74) is 0. The van der Waals surface area contributed by atoms with Crippen molar-refractivity contribution in [3.63, 3.8) is 0 Å². The van der Waals surface area contributed by atoms with Gasteiger partial charge in [-0.2, -0.15) is 0 Å². The molecular weight excluding hydrogens is 160 g/mol. The Morgan fingerprint density at radius 1 is 1.23 bits per heavy atom. The van der Waals surface area contributed by atoms with Gasteiger partial charge in [0, 0.05) is 12.3 Å². The average Bonchev–Trinajstić information content (AvgIpc) is 2.93. The van der Waals surface area contributed by atoms with Gasteiger partial charge in [0.2, 0.25) is 0 Å². The third-order valence-corrected chi connectivity index (χ3v) is 2.61. The first-order valence-corrected chi connectivity index (χ1v) is 5.48. The molecule has 0 unspecified atom stereocenters. The molecule has 0 atom stereocenters. The number of unbranched alkanes of at least 4 members (excludes halogenated alkanes) is 4. The SMILES string of the molecule is C=CCCCCCCC(=O)C1CC1. The molecule has 0 aromatic heterocycles. The highest BCUT2D eigenvalue weighted by Gasteiger charge is 2.28. The fourth-order valence-electron chi connectivity index (χ4n) is 1.55. The van der Waals surface area contributed by atoms with Crippen LogP contribution in [0.5, 0.6) is 0 Å². The highest BCUT2D eigenvalue weighted by molar-refractivity contribution is 5.82. The van der Waals surface area contributed by atoms with Gasteiger partial charge in [0.05, 0.1) is 0 Å². The first kappa shape index (κ1) is 10.5. The van der Waals surface area contributed by atoms with Gasteiger partial charge in [0.15, 0.2) is 0 Å². The lowest BCUT2D eigenvalue weighted by atomic mass is 10.1. The molecule has 1 rings (SSSR count). The lowest BCUT2D eigenvalue weighted by molar-refractivity contribution is -0.120. The smallest absolute Gasteiger partial charge is 0.135 e. The Morgan fingerprint density at radius 2 is 1.92 bits per heavy atom. The lowest BCUT2D eigenvalue weighted by Gasteiger charge is -1.98. The van der Waals surface area contributed by atoms with Gasteiger partial charge < -0.3 is 0 Å². The number of hydrogen-bond donors (Lipinski definition) is 0. The van der Waals surface area contributed by atoms with E-state index in [9.17, 15) is 4.79 Å². The third kappa shape index (κ3) is 4.87. The van der Waals surface area contributed by atoms with Crippen LogP contribution in [0, 0.1) is 5.92 Å². The minimum atomic E-state index is 0.466. The summed E-state index contributed by atoms with van der Waals surface area (Å²) in [5, 5.41) is 0. The topological polar surface area (TPSA) is 17.1 Å².